The van der Waals surface area contributed by atoms with Crippen LogP contribution in [0.5, 0.6) is 0 Å². The maximum atomic E-state index is 14.4. The first kappa shape index (κ1) is 33.8. The lowest BCUT2D eigenvalue weighted by Gasteiger charge is -2.65. The van der Waals surface area contributed by atoms with Crippen LogP contribution >= 0.6 is 0 Å². The van der Waals surface area contributed by atoms with Gasteiger partial charge in [-0.15, -0.1) is 0 Å². The molecule has 7 fully saturated rings. The van der Waals surface area contributed by atoms with Crippen molar-refractivity contribution < 1.29 is 68.1 Å². The van der Waals surface area contributed by atoms with E-state index in [2.05, 4.69) is 0 Å². The van der Waals surface area contributed by atoms with Gasteiger partial charge in [-0.05, 0) is 32.1 Å². The highest BCUT2D eigenvalue weighted by Crippen LogP contribution is 2.77. The Labute approximate surface area is 277 Å². The molecule has 0 bridgehead atoms. The largest absolute Gasteiger partial charge is 0.459 e. The first-order chi connectivity index (χ1) is 22.1. The summed E-state index contributed by atoms with van der Waals surface area (Å²) in [4.78, 5) is 66.0. The van der Waals surface area contributed by atoms with Crippen molar-refractivity contribution in [2.75, 3.05) is 0 Å². The minimum absolute atomic E-state index is 0.142. The fourth-order valence-corrected chi connectivity index (χ4v) is 12.6. The van der Waals surface area contributed by atoms with Crippen LogP contribution in [0.1, 0.15) is 68.2 Å². The van der Waals surface area contributed by atoms with Gasteiger partial charge in [0.2, 0.25) is 5.79 Å². The van der Waals surface area contributed by atoms with Gasteiger partial charge in [0.05, 0.1) is 17.6 Å². The number of esters is 4. The quantitative estimate of drug-likeness (QED) is 0.176. The third-order valence-electron chi connectivity index (χ3n) is 14.4. The van der Waals surface area contributed by atoms with Crippen molar-refractivity contribution in [2.45, 2.75) is 122 Å². The van der Waals surface area contributed by atoms with Crippen LogP contribution in [0.2, 0.25) is 0 Å². The number of carbonyl (C=O) groups excluding carboxylic acids is 5. The van der Waals surface area contributed by atoms with Gasteiger partial charge in [0.15, 0.2) is 11.4 Å². The molecule has 266 valence electrons. The Hall–Kier alpha value is -2.65. The van der Waals surface area contributed by atoms with E-state index in [4.69, 9.17) is 23.7 Å². The van der Waals surface area contributed by atoms with Crippen LogP contribution < -0.4 is 0 Å². The summed E-state index contributed by atoms with van der Waals surface area (Å²) in [6, 6.07) is 0. The highest BCUT2D eigenvalue weighted by molar-refractivity contribution is 5.88. The molecule has 5 saturated carbocycles. The zero-order chi connectivity index (χ0) is 35.4. The summed E-state index contributed by atoms with van der Waals surface area (Å²) < 4.78 is 29.5. The number of carbonyl (C=O) groups is 5. The van der Waals surface area contributed by atoms with E-state index in [9.17, 15) is 44.4 Å². The summed E-state index contributed by atoms with van der Waals surface area (Å²) in [6.45, 7) is 11.6. The van der Waals surface area contributed by atoms with Crippen molar-refractivity contribution in [3.8, 4) is 0 Å². The van der Waals surface area contributed by atoms with Crippen molar-refractivity contribution in [1.82, 2.24) is 0 Å². The predicted octanol–water partition coefficient (Wildman–Crippen LogP) is 0.0366. The van der Waals surface area contributed by atoms with Gasteiger partial charge in [0.25, 0.3) is 0 Å². The Morgan fingerprint density at radius 1 is 0.812 bits per heavy atom. The lowest BCUT2D eigenvalue weighted by Crippen LogP contribution is -2.74. The van der Waals surface area contributed by atoms with E-state index in [-0.39, 0.29) is 12.8 Å². The summed E-state index contributed by atoms with van der Waals surface area (Å²) in [5.74, 6) is -12.4. The summed E-state index contributed by atoms with van der Waals surface area (Å²) in [6.07, 6.45) is -7.68. The number of fused-ring (bicyclic) bond motifs is 10. The number of epoxide rings is 1. The molecule has 2 heterocycles. The third-order valence-corrected chi connectivity index (χ3v) is 14.4. The van der Waals surface area contributed by atoms with Crippen LogP contribution in [-0.2, 0) is 47.7 Å². The van der Waals surface area contributed by atoms with Gasteiger partial charge < -0.3 is 44.1 Å². The second-order valence-corrected chi connectivity index (χ2v) is 16.4. The van der Waals surface area contributed by atoms with E-state index >= 15 is 0 Å². The standard InChI is InChI=1S/C34H46O14/c1-11-10-34(43)32(7,33(8,42)29(41)48-34)21-18(11)31(6)19(24(21)40)17-20(26(44-12(2)35)28(31)46-14(4)37)30(5)15(22(38)23(17)39)9-16-25(47-16)27(30)45-13(3)36/h11,15-21,23-28,39-40,42-43H,9-10H2,1-8H3/t11-,15-,16+,17+,18+,19-,20-,21+,23-,24-,25+,26+,27+,28+,30+,31-,32+,33-,34+/m1/s1. The minimum Gasteiger partial charge on any atom is -0.459 e. The van der Waals surface area contributed by atoms with Gasteiger partial charge in [0, 0.05) is 67.6 Å². The number of aliphatic hydroxyl groups is 4. The van der Waals surface area contributed by atoms with Crippen LogP contribution in [0.3, 0.4) is 0 Å². The maximum absolute atomic E-state index is 14.4. The third kappa shape index (κ3) is 3.78. The molecular weight excluding hydrogens is 632 g/mol. The smallest absolute Gasteiger partial charge is 0.341 e. The molecule has 0 aromatic rings. The lowest BCUT2D eigenvalue weighted by atomic mass is 9.41. The van der Waals surface area contributed by atoms with Crippen molar-refractivity contribution in [3.63, 3.8) is 0 Å². The summed E-state index contributed by atoms with van der Waals surface area (Å²) in [7, 11) is 0. The SMILES string of the molecule is CC(=O)O[C@H]1[C@H]2[C@H]([C@@H]3[C@@H](O)[C@@H]4[C@H]([C@H](C)C[C@]5(O)OC(=O)[C@@](C)(O)[C@]45C)[C@@]3(C)[C@H]1OC(C)=O)[C@@H](O)C(=O)[C@H]1C[C@@H]3O[C@@H]3[C@H](OC(C)=O)[C@]21C. The molecule has 5 aliphatic carbocycles. The van der Waals surface area contributed by atoms with E-state index in [1.54, 1.807) is 20.8 Å². The van der Waals surface area contributed by atoms with E-state index in [0.29, 0.717) is 0 Å². The molecule has 48 heavy (non-hydrogen) atoms. The topological polar surface area (TPSA) is 216 Å². The average molecular weight is 679 g/mol. The summed E-state index contributed by atoms with van der Waals surface area (Å²) in [5.41, 5.74) is -6.78. The number of Topliss-reactive ketones (excluding diaryl/α,β-unsaturated/α-hetero) is 1. The fraction of sp³-hybridized carbons (Fsp3) is 0.853. The van der Waals surface area contributed by atoms with Crippen LogP contribution in [-0.4, -0.2) is 104 Å². The number of hydrogen-bond acceptors (Lipinski definition) is 14. The van der Waals surface area contributed by atoms with E-state index < -0.39 is 141 Å². The zero-order valence-electron chi connectivity index (χ0n) is 28.4. The number of ketones is 1. The predicted molar refractivity (Wildman–Crippen MR) is 158 cm³/mol. The molecular formula is C34H46O14. The molecule has 14 heteroatoms. The number of aliphatic hydroxyl groups excluding tert-OH is 2. The van der Waals surface area contributed by atoms with Gasteiger partial charge in [-0.3, -0.25) is 19.2 Å². The average Bonchev–Trinajstić information content (AvgIpc) is 3.66. The highest BCUT2D eigenvalue weighted by Gasteiger charge is 2.86. The molecule has 14 nitrogen and oxygen atoms in total. The van der Waals surface area contributed by atoms with Gasteiger partial charge in [-0.1, -0.05) is 20.8 Å². The lowest BCUT2D eigenvalue weighted by molar-refractivity contribution is -0.298. The van der Waals surface area contributed by atoms with Crippen molar-refractivity contribution >= 4 is 29.7 Å². The second-order valence-electron chi connectivity index (χ2n) is 16.4. The minimum atomic E-state index is -2.28. The summed E-state index contributed by atoms with van der Waals surface area (Å²) >= 11 is 0. The Morgan fingerprint density at radius 3 is 1.98 bits per heavy atom. The monoisotopic (exact) mass is 678 g/mol. The molecule has 7 aliphatic rings. The first-order valence-electron chi connectivity index (χ1n) is 16.9. The Morgan fingerprint density at radius 2 is 1.40 bits per heavy atom. The number of rotatable bonds is 3. The van der Waals surface area contributed by atoms with Crippen LogP contribution in [0.4, 0.5) is 0 Å². The molecule has 0 spiro atoms. The molecule has 19 atom stereocenters. The second kappa shape index (κ2) is 9.99. The molecule has 0 aromatic heterocycles. The Bertz CT molecular complexity index is 1490. The van der Waals surface area contributed by atoms with Crippen LogP contribution in [0.15, 0.2) is 0 Å². The molecule has 2 aliphatic heterocycles. The molecule has 2 saturated heterocycles. The van der Waals surface area contributed by atoms with Crippen molar-refractivity contribution in [3.05, 3.63) is 0 Å². The highest BCUT2D eigenvalue weighted by atomic mass is 16.7. The zero-order valence-corrected chi connectivity index (χ0v) is 28.4. The summed E-state index contributed by atoms with van der Waals surface area (Å²) in [5, 5.41) is 48.5. The molecule has 0 radical (unpaired) electrons. The van der Waals surface area contributed by atoms with E-state index in [0.717, 1.165) is 0 Å². The van der Waals surface area contributed by atoms with Crippen molar-refractivity contribution in [1.29, 1.82) is 0 Å². The van der Waals surface area contributed by atoms with Gasteiger partial charge in [-0.25, -0.2) is 4.79 Å². The van der Waals surface area contributed by atoms with E-state index in [1.165, 1.54) is 34.6 Å². The van der Waals surface area contributed by atoms with Crippen molar-refractivity contribution in [2.24, 2.45) is 57.7 Å². The number of hydrogen-bond donors (Lipinski definition) is 4. The molecule has 7 rings (SSSR count). The number of ether oxygens (including phenoxy) is 5. The van der Waals surface area contributed by atoms with Crippen LogP contribution in [0, 0.1) is 57.7 Å². The molecule has 0 aromatic carbocycles. The normalized spacial score (nSPS) is 57.4. The Kier molecular flexibility index (Phi) is 7.04. The van der Waals surface area contributed by atoms with Gasteiger partial charge >= 0.3 is 23.9 Å². The maximum Gasteiger partial charge on any atom is 0.341 e. The van der Waals surface area contributed by atoms with Crippen LogP contribution in [0.25, 0.3) is 0 Å². The molecule has 0 amide bonds. The Balaban J connectivity index is 1.50. The molecule has 4 N–H and O–H groups in total. The van der Waals surface area contributed by atoms with E-state index in [1.807, 2.05) is 0 Å². The van der Waals surface area contributed by atoms with Gasteiger partial charge in [-0.2, -0.15) is 0 Å². The molecule has 0 unspecified atom stereocenters. The fourth-order valence-electron chi connectivity index (χ4n) is 12.6. The van der Waals surface area contributed by atoms with Gasteiger partial charge in [0.1, 0.15) is 30.5 Å². The first-order valence-corrected chi connectivity index (χ1v) is 16.9.